The number of benzene rings is 2. The van der Waals surface area contributed by atoms with Crippen LogP contribution in [0.4, 0.5) is 8.78 Å². The van der Waals surface area contributed by atoms with Crippen molar-refractivity contribution in [3.8, 4) is 23.0 Å². The molecule has 0 aliphatic heterocycles. The van der Waals surface area contributed by atoms with Gasteiger partial charge in [0, 0.05) is 29.8 Å². The molecule has 0 atom stereocenters. The monoisotopic (exact) mass is 478 g/mol. The third-order valence-corrected chi connectivity index (χ3v) is 4.98. The zero-order valence-electron chi connectivity index (χ0n) is 20.4. The van der Waals surface area contributed by atoms with Crippen molar-refractivity contribution >= 4 is 6.02 Å². The minimum atomic E-state index is -2.78. The van der Waals surface area contributed by atoms with Crippen LogP contribution in [0.5, 0.6) is 23.0 Å². The number of nitrogens with zero attached hydrogens (tertiary/aromatic N) is 2. The van der Waals surface area contributed by atoms with Gasteiger partial charge in [-0.25, -0.2) is 13.8 Å². The summed E-state index contributed by atoms with van der Waals surface area (Å²) in [6.07, 6.45) is -1.55. The number of ether oxygens (including phenoxy) is 5. The number of rotatable bonds is 11. The summed E-state index contributed by atoms with van der Waals surface area (Å²) in [6, 6.07) is 10.9. The molecule has 0 radical (unpaired) electrons. The SMILES string of the molecule is C/C=C(\OC(=NCC)N(Cc1ccc(OC)cc1OC)Cc1ccc(OC)cc1OC)C(F)F. The van der Waals surface area contributed by atoms with Crippen LogP contribution >= 0.6 is 0 Å². The Hall–Kier alpha value is -3.49. The van der Waals surface area contributed by atoms with Crippen molar-refractivity contribution < 1.29 is 32.5 Å². The number of amidine groups is 1. The molecule has 0 saturated carbocycles. The fourth-order valence-electron chi connectivity index (χ4n) is 3.23. The first-order valence-corrected chi connectivity index (χ1v) is 10.7. The first kappa shape index (κ1) is 26.8. The third-order valence-electron chi connectivity index (χ3n) is 4.98. The highest BCUT2D eigenvalue weighted by atomic mass is 19.3. The fourth-order valence-corrected chi connectivity index (χ4v) is 3.23. The maximum absolute atomic E-state index is 13.5. The van der Waals surface area contributed by atoms with Crippen LogP contribution in [0.15, 0.2) is 53.2 Å². The van der Waals surface area contributed by atoms with Gasteiger partial charge >= 0.3 is 0 Å². The van der Waals surface area contributed by atoms with Gasteiger partial charge in [-0.05, 0) is 44.2 Å². The Kier molecular flexibility index (Phi) is 10.4. The Morgan fingerprint density at radius 2 is 1.38 bits per heavy atom. The number of hydrogen-bond donors (Lipinski definition) is 0. The average Bonchev–Trinajstić information content (AvgIpc) is 2.86. The van der Waals surface area contributed by atoms with E-state index in [1.807, 2.05) is 12.1 Å². The standard InChI is InChI=1S/C25H32F2N2O5/c1-7-21(24(26)27)34-25(28-8-2)29(15-17-9-11-19(30-3)13-22(17)32-5)16-18-10-12-20(31-4)14-23(18)33-6/h7,9-14,24H,8,15-16H2,1-6H3/b21-7-,28-25?. The van der Waals surface area contributed by atoms with Crippen LogP contribution in [0.2, 0.25) is 0 Å². The molecule has 0 spiro atoms. The van der Waals surface area contributed by atoms with Crippen molar-refractivity contribution in [1.82, 2.24) is 4.90 Å². The zero-order valence-corrected chi connectivity index (χ0v) is 20.4. The lowest BCUT2D eigenvalue weighted by atomic mass is 10.1. The van der Waals surface area contributed by atoms with Gasteiger partial charge in [0.1, 0.15) is 23.0 Å². The third kappa shape index (κ3) is 7.00. The Balaban J connectivity index is 2.53. The molecule has 0 unspecified atom stereocenters. The molecule has 0 amide bonds. The summed E-state index contributed by atoms with van der Waals surface area (Å²) < 4.78 is 54.2. The molecule has 0 aliphatic rings. The molecule has 0 N–H and O–H groups in total. The molecule has 0 aromatic heterocycles. The van der Waals surface area contributed by atoms with Gasteiger partial charge in [-0.15, -0.1) is 0 Å². The number of allylic oxidation sites excluding steroid dienone is 2. The Bertz CT molecular complexity index is 938. The summed E-state index contributed by atoms with van der Waals surface area (Å²) in [5, 5.41) is 0. The number of alkyl halides is 2. The minimum absolute atomic E-state index is 0.0617. The van der Waals surface area contributed by atoms with Crippen LogP contribution in [-0.4, -0.2) is 52.3 Å². The van der Waals surface area contributed by atoms with Gasteiger partial charge in [0.05, 0.1) is 41.5 Å². The molecule has 7 nitrogen and oxygen atoms in total. The predicted molar refractivity (Wildman–Crippen MR) is 127 cm³/mol. The van der Waals surface area contributed by atoms with Gasteiger partial charge in [-0.2, -0.15) is 0 Å². The Labute approximate surface area is 199 Å². The highest BCUT2D eigenvalue weighted by Crippen LogP contribution is 2.30. The molecule has 0 saturated heterocycles. The Morgan fingerprint density at radius 1 is 0.882 bits per heavy atom. The van der Waals surface area contributed by atoms with E-state index in [1.165, 1.54) is 13.0 Å². The molecule has 0 bridgehead atoms. The quantitative estimate of drug-likeness (QED) is 0.249. The summed E-state index contributed by atoms with van der Waals surface area (Å²) >= 11 is 0. The van der Waals surface area contributed by atoms with Crippen LogP contribution in [-0.2, 0) is 17.8 Å². The second kappa shape index (κ2) is 13.3. The zero-order chi connectivity index (χ0) is 25.1. The largest absolute Gasteiger partial charge is 0.497 e. The molecule has 34 heavy (non-hydrogen) atoms. The summed E-state index contributed by atoms with van der Waals surface area (Å²) in [6.45, 7) is 4.17. The van der Waals surface area contributed by atoms with Crippen LogP contribution < -0.4 is 18.9 Å². The molecule has 186 valence electrons. The molecule has 0 fully saturated rings. The lowest BCUT2D eigenvalue weighted by molar-refractivity contribution is 0.121. The van der Waals surface area contributed by atoms with Crippen molar-refractivity contribution in [2.45, 2.75) is 33.4 Å². The second-order valence-corrected chi connectivity index (χ2v) is 7.06. The van der Waals surface area contributed by atoms with E-state index in [9.17, 15) is 8.78 Å². The normalized spacial score (nSPS) is 11.9. The number of aliphatic imine (C=N–C) groups is 1. The molecular weight excluding hydrogens is 446 g/mol. The van der Waals surface area contributed by atoms with Crippen molar-refractivity contribution in [3.63, 3.8) is 0 Å². The lowest BCUT2D eigenvalue weighted by Crippen LogP contribution is -2.33. The molecule has 2 aromatic carbocycles. The number of hydrogen-bond acceptors (Lipinski definition) is 6. The van der Waals surface area contributed by atoms with Crippen LogP contribution in [0.3, 0.4) is 0 Å². The van der Waals surface area contributed by atoms with Crippen molar-refractivity contribution in [3.05, 3.63) is 59.4 Å². The summed E-state index contributed by atoms with van der Waals surface area (Å²) in [5.74, 6) is 1.97. The van der Waals surface area contributed by atoms with Crippen LogP contribution in [0.1, 0.15) is 25.0 Å². The van der Waals surface area contributed by atoms with E-state index in [-0.39, 0.29) is 19.1 Å². The van der Waals surface area contributed by atoms with E-state index in [0.29, 0.717) is 29.5 Å². The first-order valence-electron chi connectivity index (χ1n) is 10.7. The minimum Gasteiger partial charge on any atom is -0.497 e. The summed E-state index contributed by atoms with van der Waals surface area (Å²) in [4.78, 5) is 6.13. The number of methoxy groups -OCH3 is 4. The molecule has 9 heteroatoms. The van der Waals surface area contributed by atoms with Gasteiger partial charge < -0.3 is 28.6 Å². The molecule has 2 aromatic rings. The topological polar surface area (TPSA) is 61.8 Å². The smallest absolute Gasteiger partial charge is 0.295 e. The van der Waals surface area contributed by atoms with Crippen LogP contribution in [0.25, 0.3) is 0 Å². The lowest BCUT2D eigenvalue weighted by Gasteiger charge is -2.28. The number of halogens is 2. The van der Waals surface area contributed by atoms with E-state index in [4.69, 9.17) is 23.7 Å². The van der Waals surface area contributed by atoms with Crippen molar-refractivity contribution in [2.24, 2.45) is 4.99 Å². The van der Waals surface area contributed by atoms with Crippen molar-refractivity contribution in [1.29, 1.82) is 0 Å². The van der Waals surface area contributed by atoms with E-state index < -0.39 is 12.2 Å². The average molecular weight is 479 g/mol. The van der Waals surface area contributed by atoms with E-state index >= 15 is 0 Å². The fraction of sp³-hybridized carbons (Fsp3) is 0.400. The van der Waals surface area contributed by atoms with Gasteiger partial charge in [0.2, 0.25) is 0 Å². The highest BCUT2D eigenvalue weighted by molar-refractivity contribution is 5.75. The van der Waals surface area contributed by atoms with Gasteiger partial charge in [0.15, 0.2) is 5.76 Å². The van der Waals surface area contributed by atoms with Crippen molar-refractivity contribution in [2.75, 3.05) is 35.0 Å². The molecule has 2 rings (SSSR count). The molecule has 0 aliphatic carbocycles. The summed E-state index contributed by atoms with van der Waals surface area (Å²) in [5.41, 5.74) is 1.59. The van der Waals surface area contributed by atoms with Gasteiger partial charge in [0.25, 0.3) is 12.4 Å². The first-order chi connectivity index (χ1) is 16.4. The second-order valence-electron chi connectivity index (χ2n) is 7.06. The maximum Gasteiger partial charge on any atom is 0.295 e. The molecular formula is C25H32F2N2O5. The maximum atomic E-state index is 13.5. The van der Waals surface area contributed by atoms with Gasteiger partial charge in [-0.3, -0.25) is 0 Å². The Morgan fingerprint density at radius 3 is 1.74 bits per heavy atom. The van der Waals surface area contributed by atoms with E-state index in [1.54, 1.807) is 64.5 Å². The highest BCUT2D eigenvalue weighted by Gasteiger charge is 2.23. The van der Waals surface area contributed by atoms with Gasteiger partial charge in [-0.1, -0.05) is 0 Å². The predicted octanol–water partition coefficient (Wildman–Crippen LogP) is 5.28. The summed E-state index contributed by atoms with van der Waals surface area (Å²) in [7, 11) is 6.25. The van der Waals surface area contributed by atoms with E-state index in [2.05, 4.69) is 4.99 Å². The van der Waals surface area contributed by atoms with Crippen LogP contribution in [0, 0.1) is 0 Å². The van der Waals surface area contributed by atoms with E-state index in [0.717, 1.165) is 11.1 Å². The molecule has 0 heterocycles.